The lowest BCUT2D eigenvalue weighted by molar-refractivity contribution is -0.384. The number of nitro benzene ring substituents is 1. The van der Waals surface area contributed by atoms with Crippen LogP contribution in [0.4, 0.5) is 10.8 Å². The van der Waals surface area contributed by atoms with Crippen molar-refractivity contribution in [3.8, 4) is 5.75 Å². The van der Waals surface area contributed by atoms with Gasteiger partial charge in [0.15, 0.2) is 5.13 Å². The molecular formula is C25H18N4O6S. The average Bonchev–Trinajstić information content (AvgIpc) is 3.42. The first-order chi connectivity index (χ1) is 17.4. The van der Waals surface area contributed by atoms with Gasteiger partial charge in [-0.2, -0.15) is 0 Å². The average molecular weight is 503 g/mol. The molecule has 1 aliphatic heterocycles. The van der Waals surface area contributed by atoms with Gasteiger partial charge in [-0.1, -0.05) is 29.5 Å². The van der Waals surface area contributed by atoms with E-state index in [-0.39, 0.29) is 22.2 Å². The Labute approximate surface area is 208 Å². The van der Waals surface area contributed by atoms with E-state index in [0.717, 1.165) is 11.3 Å². The zero-order chi connectivity index (χ0) is 25.4. The number of aliphatic hydroxyl groups is 1. The molecule has 2 aromatic heterocycles. The lowest BCUT2D eigenvalue weighted by atomic mass is 9.96. The fourth-order valence-electron chi connectivity index (χ4n) is 4.06. The van der Waals surface area contributed by atoms with Crippen LogP contribution in [0.5, 0.6) is 5.75 Å². The van der Waals surface area contributed by atoms with Gasteiger partial charge in [-0.3, -0.25) is 29.6 Å². The Morgan fingerprint density at radius 2 is 2.03 bits per heavy atom. The number of aromatic nitrogens is 2. The molecule has 1 saturated heterocycles. The van der Waals surface area contributed by atoms with Crippen molar-refractivity contribution < 1.29 is 24.4 Å². The minimum Gasteiger partial charge on any atom is -0.507 e. The molecule has 2 aromatic carbocycles. The number of hydrogen-bond acceptors (Lipinski definition) is 9. The molecule has 1 unspecified atom stereocenters. The van der Waals surface area contributed by atoms with Crippen LogP contribution in [0.3, 0.4) is 0 Å². The van der Waals surface area contributed by atoms with Gasteiger partial charge < -0.3 is 9.84 Å². The van der Waals surface area contributed by atoms with Gasteiger partial charge in [0.2, 0.25) is 0 Å². The third-order valence-corrected chi connectivity index (χ3v) is 6.66. The number of aliphatic hydroxyl groups excluding tert-OH is 1. The minimum absolute atomic E-state index is 0.113. The van der Waals surface area contributed by atoms with Gasteiger partial charge in [-0.25, -0.2) is 4.98 Å². The number of hydrogen-bond donors (Lipinski definition) is 1. The second kappa shape index (κ2) is 9.19. The highest BCUT2D eigenvalue weighted by atomic mass is 32.1. The Balaban J connectivity index is 1.69. The zero-order valence-corrected chi connectivity index (χ0v) is 19.6. The molecule has 36 heavy (non-hydrogen) atoms. The van der Waals surface area contributed by atoms with Crippen LogP contribution in [0.25, 0.3) is 16.0 Å². The Morgan fingerprint density at radius 3 is 2.75 bits per heavy atom. The molecule has 0 spiro atoms. The number of nitrogens with zero attached hydrogens (tertiary/aromatic N) is 4. The number of ether oxygens (including phenoxy) is 1. The van der Waals surface area contributed by atoms with E-state index >= 15 is 0 Å². The van der Waals surface area contributed by atoms with Crippen molar-refractivity contribution in [1.82, 2.24) is 9.97 Å². The highest BCUT2D eigenvalue weighted by Gasteiger charge is 2.48. The largest absolute Gasteiger partial charge is 0.507 e. The van der Waals surface area contributed by atoms with Crippen LogP contribution in [0, 0.1) is 10.1 Å². The molecule has 11 heteroatoms. The van der Waals surface area contributed by atoms with Crippen LogP contribution in [0.15, 0.2) is 72.6 Å². The second-order valence-corrected chi connectivity index (χ2v) is 8.83. The predicted molar refractivity (Wildman–Crippen MR) is 133 cm³/mol. The van der Waals surface area contributed by atoms with Crippen molar-refractivity contribution in [2.24, 2.45) is 0 Å². The lowest BCUT2D eigenvalue weighted by Crippen LogP contribution is -2.29. The number of benzene rings is 2. The van der Waals surface area contributed by atoms with E-state index < -0.39 is 22.7 Å². The number of carbonyl (C=O) groups excluding carboxylic acids is 2. The Morgan fingerprint density at radius 1 is 1.19 bits per heavy atom. The van der Waals surface area contributed by atoms with E-state index in [1.165, 1.54) is 29.3 Å². The first kappa shape index (κ1) is 23.1. The van der Waals surface area contributed by atoms with Crippen molar-refractivity contribution in [2.45, 2.75) is 13.0 Å². The van der Waals surface area contributed by atoms with E-state index in [2.05, 4.69) is 9.97 Å². The third-order valence-electron chi connectivity index (χ3n) is 5.64. The zero-order valence-electron chi connectivity index (χ0n) is 18.8. The number of carbonyl (C=O) groups is 2. The number of amides is 1. The fourth-order valence-corrected chi connectivity index (χ4v) is 5.08. The SMILES string of the molecule is CCOc1cccc(/C(O)=C2\C(=O)C(=O)N(c3nc4ccc([N+](=O)[O-])cc4s3)C2c2cccnc2)c1. The number of non-ortho nitro benzene ring substituents is 1. The van der Waals surface area contributed by atoms with Gasteiger partial charge >= 0.3 is 5.91 Å². The number of nitro groups is 1. The minimum atomic E-state index is -1.01. The van der Waals surface area contributed by atoms with Crippen molar-refractivity contribution in [1.29, 1.82) is 0 Å². The maximum Gasteiger partial charge on any atom is 0.301 e. The smallest absolute Gasteiger partial charge is 0.301 e. The molecule has 4 aromatic rings. The first-order valence-electron chi connectivity index (χ1n) is 10.9. The summed E-state index contributed by atoms with van der Waals surface area (Å²) in [5, 5.41) is 22.6. The van der Waals surface area contributed by atoms with Crippen LogP contribution < -0.4 is 9.64 Å². The molecule has 1 N–H and O–H groups in total. The molecule has 5 rings (SSSR count). The normalized spacial score (nSPS) is 17.0. The molecule has 0 radical (unpaired) electrons. The highest BCUT2D eigenvalue weighted by molar-refractivity contribution is 7.22. The van der Waals surface area contributed by atoms with Crippen LogP contribution in [-0.4, -0.2) is 38.3 Å². The van der Waals surface area contributed by atoms with Crippen LogP contribution in [0.1, 0.15) is 24.1 Å². The lowest BCUT2D eigenvalue weighted by Gasteiger charge is -2.22. The summed E-state index contributed by atoms with van der Waals surface area (Å²) >= 11 is 1.04. The molecule has 0 saturated carbocycles. The van der Waals surface area contributed by atoms with Crippen LogP contribution in [0.2, 0.25) is 0 Å². The molecule has 1 aliphatic rings. The molecule has 3 heterocycles. The van der Waals surface area contributed by atoms with E-state index in [9.17, 15) is 24.8 Å². The number of thiazole rings is 1. The van der Waals surface area contributed by atoms with Crippen molar-refractivity contribution in [3.05, 3.63) is 93.8 Å². The van der Waals surface area contributed by atoms with Crippen molar-refractivity contribution >= 4 is 49.8 Å². The van der Waals surface area contributed by atoms with Crippen LogP contribution in [-0.2, 0) is 9.59 Å². The first-order valence-corrected chi connectivity index (χ1v) is 11.7. The Bertz CT molecular complexity index is 1550. The topological polar surface area (TPSA) is 136 Å². The number of pyridine rings is 1. The second-order valence-electron chi connectivity index (χ2n) is 7.82. The summed E-state index contributed by atoms with van der Waals surface area (Å²) in [6, 6.07) is 13.1. The number of Topliss-reactive ketones (excluding diaryl/α,β-unsaturated/α-hetero) is 1. The molecule has 180 valence electrons. The van der Waals surface area contributed by atoms with Gasteiger partial charge in [-0.15, -0.1) is 0 Å². The van der Waals surface area contributed by atoms with E-state index in [4.69, 9.17) is 4.74 Å². The van der Waals surface area contributed by atoms with Gasteiger partial charge in [0.05, 0.1) is 33.4 Å². The van der Waals surface area contributed by atoms with Gasteiger partial charge in [0.1, 0.15) is 11.5 Å². The summed E-state index contributed by atoms with van der Waals surface area (Å²) in [4.78, 5) is 47.0. The number of anilines is 1. The molecule has 0 aliphatic carbocycles. The highest BCUT2D eigenvalue weighted by Crippen LogP contribution is 2.44. The van der Waals surface area contributed by atoms with Gasteiger partial charge in [-0.05, 0) is 36.8 Å². The van der Waals surface area contributed by atoms with Crippen molar-refractivity contribution in [3.63, 3.8) is 0 Å². The van der Waals surface area contributed by atoms with Crippen molar-refractivity contribution in [2.75, 3.05) is 11.5 Å². The third kappa shape index (κ3) is 3.95. The van der Waals surface area contributed by atoms with E-state index in [0.29, 0.717) is 33.7 Å². The molecule has 1 atom stereocenters. The molecule has 0 bridgehead atoms. The fraction of sp³-hybridized carbons (Fsp3) is 0.120. The van der Waals surface area contributed by atoms with Crippen LogP contribution >= 0.6 is 11.3 Å². The maximum atomic E-state index is 13.3. The summed E-state index contributed by atoms with van der Waals surface area (Å²) in [6.45, 7) is 2.24. The monoisotopic (exact) mass is 502 g/mol. The number of ketones is 1. The Hall–Kier alpha value is -4.64. The number of fused-ring (bicyclic) bond motifs is 1. The summed E-state index contributed by atoms with van der Waals surface area (Å²) in [5.74, 6) is -1.61. The Kier molecular flexibility index (Phi) is 5.90. The maximum absolute atomic E-state index is 13.3. The summed E-state index contributed by atoms with van der Waals surface area (Å²) in [7, 11) is 0. The predicted octanol–water partition coefficient (Wildman–Crippen LogP) is 4.62. The summed E-state index contributed by atoms with van der Waals surface area (Å²) in [5.41, 5.74) is 1.01. The molecule has 10 nitrogen and oxygen atoms in total. The summed E-state index contributed by atoms with van der Waals surface area (Å²) < 4.78 is 5.99. The number of rotatable bonds is 6. The van der Waals surface area contributed by atoms with Gasteiger partial charge in [0.25, 0.3) is 11.5 Å². The van der Waals surface area contributed by atoms with Gasteiger partial charge in [0, 0.05) is 30.1 Å². The molecular weight excluding hydrogens is 484 g/mol. The van der Waals surface area contributed by atoms with E-state index in [1.807, 2.05) is 6.92 Å². The summed E-state index contributed by atoms with van der Waals surface area (Å²) in [6.07, 6.45) is 3.06. The van der Waals surface area contributed by atoms with E-state index in [1.54, 1.807) is 42.6 Å². The molecule has 1 fully saturated rings. The quantitative estimate of drug-likeness (QED) is 0.133. The molecule has 1 amide bonds. The standard InChI is InChI=1S/C25H18N4O6S/c1-2-35-17-7-3-5-14(11-17)22(30)20-21(15-6-4-10-26-13-15)28(24(32)23(20)31)25-27-18-9-8-16(29(33)34)12-19(18)36-25/h3-13,21,30H,2H2,1H3/b22-20+.